The summed E-state index contributed by atoms with van der Waals surface area (Å²) >= 11 is 0. The fourth-order valence-corrected chi connectivity index (χ4v) is 2.47. The molecule has 0 aromatic heterocycles. The number of rotatable bonds is 7. The lowest BCUT2D eigenvalue weighted by Gasteiger charge is -2.23. The van der Waals surface area contributed by atoms with Gasteiger partial charge in [0.15, 0.2) is 0 Å². The minimum Gasteiger partial charge on any atom is -0.409 e. The second kappa shape index (κ2) is 7.10. The van der Waals surface area contributed by atoms with Crippen LogP contribution in [0.5, 0.6) is 0 Å². The van der Waals surface area contributed by atoms with Crippen LogP contribution >= 0.6 is 0 Å². The molecule has 4 N–H and O–H groups in total. The lowest BCUT2D eigenvalue weighted by Crippen LogP contribution is -2.36. The van der Waals surface area contributed by atoms with Crippen LogP contribution in [0.1, 0.15) is 40.5 Å². The van der Waals surface area contributed by atoms with E-state index in [-0.39, 0.29) is 5.41 Å². The van der Waals surface area contributed by atoms with E-state index in [0.717, 1.165) is 25.4 Å². The van der Waals surface area contributed by atoms with Crippen LogP contribution in [-0.4, -0.2) is 48.2 Å². The van der Waals surface area contributed by atoms with Crippen molar-refractivity contribution in [2.75, 3.05) is 26.2 Å². The van der Waals surface area contributed by atoms with Gasteiger partial charge in [-0.2, -0.15) is 0 Å². The van der Waals surface area contributed by atoms with Gasteiger partial charge in [-0.15, -0.1) is 0 Å². The van der Waals surface area contributed by atoms with Gasteiger partial charge in [-0.25, -0.2) is 0 Å². The topological polar surface area (TPSA) is 73.9 Å². The van der Waals surface area contributed by atoms with Gasteiger partial charge < -0.3 is 21.2 Å². The smallest absolute Gasteiger partial charge is 0.144 e. The maximum atomic E-state index is 8.72. The Labute approximate surface area is 117 Å². The van der Waals surface area contributed by atoms with Crippen molar-refractivity contribution >= 4 is 5.84 Å². The zero-order valence-electron chi connectivity index (χ0n) is 12.8. The van der Waals surface area contributed by atoms with E-state index in [2.05, 4.69) is 29.2 Å². The van der Waals surface area contributed by atoms with Gasteiger partial charge in [-0.05, 0) is 52.2 Å². The molecule has 0 spiro atoms. The van der Waals surface area contributed by atoms with Crippen LogP contribution in [-0.2, 0) is 0 Å². The van der Waals surface area contributed by atoms with Crippen molar-refractivity contribution in [1.29, 1.82) is 0 Å². The molecule has 19 heavy (non-hydrogen) atoms. The van der Waals surface area contributed by atoms with Crippen molar-refractivity contribution < 1.29 is 5.21 Å². The van der Waals surface area contributed by atoms with E-state index in [1.54, 1.807) is 0 Å². The highest BCUT2D eigenvalue weighted by molar-refractivity contribution is 5.85. The van der Waals surface area contributed by atoms with Crippen LogP contribution < -0.4 is 11.1 Å². The van der Waals surface area contributed by atoms with E-state index in [4.69, 9.17) is 10.9 Å². The molecule has 5 nitrogen and oxygen atoms in total. The molecule has 1 unspecified atom stereocenters. The molecule has 1 atom stereocenters. The van der Waals surface area contributed by atoms with Gasteiger partial charge in [0.05, 0.1) is 0 Å². The zero-order valence-corrected chi connectivity index (χ0v) is 12.8. The summed E-state index contributed by atoms with van der Waals surface area (Å²) in [5.74, 6) is 1.07. The second-order valence-electron chi connectivity index (χ2n) is 6.57. The van der Waals surface area contributed by atoms with Gasteiger partial charge in [-0.1, -0.05) is 19.0 Å². The Morgan fingerprint density at radius 1 is 1.53 bits per heavy atom. The Hall–Kier alpha value is -0.810. The maximum Gasteiger partial charge on any atom is 0.144 e. The summed E-state index contributed by atoms with van der Waals surface area (Å²) in [6.07, 6.45) is 2.16. The average Bonchev–Trinajstić information content (AvgIpc) is 2.82. The Kier molecular flexibility index (Phi) is 6.07. The van der Waals surface area contributed by atoms with E-state index in [0.29, 0.717) is 11.9 Å². The van der Waals surface area contributed by atoms with Gasteiger partial charge in [0.2, 0.25) is 0 Å². The van der Waals surface area contributed by atoms with Crippen molar-refractivity contribution in [3.8, 4) is 0 Å². The third-order valence-corrected chi connectivity index (χ3v) is 4.21. The Morgan fingerprint density at radius 3 is 2.74 bits per heavy atom. The molecule has 0 aromatic rings. The first-order chi connectivity index (χ1) is 8.86. The van der Waals surface area contributed by atoms with Crippen LogP contribution in [0.3, 0.4) is 0 Å². The standard InChI is InChI=1S/C14H30N4O/c1-11(2)18-8-5-12(10-18)9-16-7-6-14(3,4)13(15)17-19/h11-12,16,19H,5-10H2,1-4H3,(H2,15,17). The van der Waals surface area contributed by atoms with Crippen LogP contribution in [0.4, 0.5) is 0 Å². The third-order valence-electron chi connectivity index (χ3n) is 4.21. The number of hydrogen-bond donors (Lipinski definition) is 3. The van der Waals surface area contributed by atoms with Gasteiger partial charge in [0.1, 0.15) is 5.84 Å². The summed E-state index contributed by atoms with van der Waals surface area (Å²) in [5.41, 5.74) is 5.42. The Morgan fingerprint density at radius 2 is 2.21 bits per heavy atom. The molecular formula is C14H30N4O. The normalized spacial score (nSPS) is 22.4. The zero-order chi connectivity index (χ0) is 14.5. The molecule has 0 saturated carbocycles. The average molecular weight is 270 g/mol. The number of nitrogens with zero attached hydrogens (tertiary/aromatic N) is 2. The molecular weight excluding hydrogens is 240 g/mol. The molecule has 0 aromatic carbocycles. The van der Waals surface area contributed by atoms with Crippen LogP contribution in [0.25, 0.3) is 0 Å². The fourth-order valence-electron chi connectivity index (χ4n) is 2.47. The highest BCUT2D eigenvalue weighted by atomic mass is 16.4. The van der Waals surface area contributed by atoms with E-state index in [1.807, 2.05) is 13.8 Å². The van der Waals surface area contributed by atoms with Crippen molar-refractivity contribution in [1.82, 2.24) is 10.2 Å². The van der Waals surface area contributed by atoms with Gasteiger partial charge >= 0.3 is 0 Å². The number of likely N-dealkylation sites (tertiary alicyclic amines) is 1. The predicted molar refractivity (Wildman–Crippen MR) is 79.5 cm³/mol. The van der Waals surface area contributed by atoms with Crippen molar-refractivity contribution in [2.24, 2.45) is 22.2 Å². The summed E-state index contributed by atoms with van der Waals surface area (Å²) in [5, 5.41) is 15.3. The van der Waals surface area contributed by atoms with Gasteiger partial charge in [0, 0.05) is 18.0 Å². The first kappa shape index (κ1) is 16.2. The van der Waals surface area contributed by atoms with E-state index in [1.165, 1.54) is 19.5 Å². The number of amidine groups is 1. The van der Waals surface area contributed by atoms with Crippen molar-refractivity contribution in [2.45, 2.75) is 46.6 Å². The molecule has 1 aliphatic rings. The van der Waals surface area contributed by atoms with E-state index in [9.17, 15) is 0 Å². The molecule has 1 aliphatic heterocycles. The highest BCUT2D eigenvalue weighted by Crippen LogP contribution is 2.20. The number of hydrogen-bond acceptors (Lipinski definition) is 4. The summed E-state index contributed by atoms with van der Waals surface area (Å²) in [6, 6.07) is 0.657. The number of oxime groups is 1. The first-order valence-corrected chi connectivity index (χ1v) is 7.29. The first-order valence-electron chi connectivity index (χ1n) is 7.29. The molecule has 0 radical (unpaired) electrons. The minimum absolute atomic E-state index is 0.249. The third kappa shape index (κ3) is 4.99. The molecule has 1 heterocycles. The fraction of sp³-hybridized carbons (Fsp3) is 0.929. The molecule has 1 fully saturated rings. The summed E-state index contributed by atoms with van der Waals surface area (Å²) < 4.78 is 0. The molecule has 112 valence electrons. The van der Waals surface area contributed by atoms with Crippen LogP contribution in [0.15, 0.2) is 5.16 Å². The number of nitrogens with two attached hydrogens (primary N) is 1. The lowest BCUT2D eigenvalue weighted by molar-refractivity contribution is 0.263. The second-order valence-corrected chi connectivity index (χ2v) is 6.57. The monoisotopic (exact) mass is 270 g/mol. The summed E-state index contributed by atoms with van der Waals surface area (Å²) in [4.78, 5) is 2.53. The van der Waals surface area contributed by atoms with Gasteiger partial charge in [-0.3, -0.25) is 0 Å². The SMILES string of the molecule is CC(C)N1CCC(CNCCC(C)(C)C(N)=NO)C1. The molecule has 0 amide bonds. The largest absolute Gasteiger partial charge is 0.409 e. The van der Waals surface area contributed by atoms with Crippen molar-refractivity contribution in [3.05, 3.63) is 0 Å². The molecule has 1 saturated heterocycles. The Bertz CT molecular complexity index is 302. The Balaban J connectivity index is 2.19. The molecule has 0 aliphatic carbocycles. The van der Waals surface area contributed by atoms with Crippen LogP contribution in [0, 0.1) is 11.3 Å². The van der Waals surface area contributed by atoms with Crippen LogP contribution in [0.2, 0.25) is 0 Å². The van der Waals surface area contributed by atoms with Gasteiger partial charge in [0.25, 0.3) is 0 Å². The van der Waals surface area contributed by atoms with Crippen molar-refractivity contribution in [3.63, 3.8) is 0 Å². The van der Waals surface area contributed by atoms with E-state index < -0.39 is 0 Å². The van der Waals surface area contributed by atoms with E-state index >= 15 is 0 Å². The maximum absolute atomic E-state index is 8.72. The highest BCUT2D eigenvalue weighted by Gasteiger charge is 2.25. The minimum atomic E-state index is -0.249. The quantitative estimate of drug-likeness (QED) is 0.215. The number of nitrogens with one attached hydrogen (secondary N) is 1. The molecule has 1 rings (SSSR count). The molecule has 0 bridgehead atoms. The predicted octanol–water partition coefficient (Wildman–Crippen LogP) is 1.47. The summed E-state index contributed by atoms with van der Waals surface area (Å²) in [7, 11) is 0. The summed E-state index contributed by atoms with van der Waals surface area (Å²) in [6.45, 7) is 12.9. The lowest BCUT2D eigenvalue weighted by atomic mass is 9.88. The molecule has 5 heteroatoms.